The summed E-state index contributed by atoms with van der Waals surface area (Å²) in [4.78, 5) is 2.58. The second-order valence-electron chi connectivity index (χ2n) is 5.98. The van der Waals surface area contributed by atoms with Gasteiger partial charge in [-0.3, -0.25) is 0 Å². The normalized spacial score (nSPS) is 31.6. The van der Waals surface area contributed by atoms with Crippen molar-refractivity contribution in [1.29, 1.82) is 0 Å². The Morgan fingerprint density at radius 2 is 1.95 bits per heavy atom. The number of hydrogen-bond donors (Lipinski definition) is 2. The van der Waals surface area contributed by atoms with E-state index in [0.717, 1.165) is 24.4 Å². The summed E-state index contributed by atoms with van der Waals surface area (Å²) in [7, 11) is 2.28. The molecule has 2 unspecified atom stereocenters. The molecule has 2 saturated heterocycles. The van der Waals surface area contributed by atoms with Gasteiger partial charge in [-0.05, 0) is 44.9 Å². The van der Waals surface area contributed by atoms with Crippen molar-refractivity contribution in [3.8, 4) is 0 Å². The zero-order chi connectivity index (χ0) is 13.2. The fraction of sp³-hybridized carbons (Fsp3) is 0.733. The Balaban J connectivity index is 1.53. The molecule has 3 heterocycles. The number of hydrogen-bond acceptors (Lipinski definition) is 4. The van der Waals surface area contributed by atoms with Crippen LogP contribution in [0, 0.1) is 0 Å². The molecule has 2 fully saturated rings. The van der Waals surface area contributed by atoms with Crippen molar-refractivity contribution >= 4 is 0 Å². The van der Waals surface area contributed by atoms with Gasteiger partial charge in [-0.15, -0.1) is 0 Å². The molecule has 0 aromatic carbocycles. The third-order valence-electron chi connectivity index (χ3n) is 4.78. The molecule has 1 aromatic heterocycles. The monoisotopic (exact) mass is 264 g/mol. The van der Waals surface area contributed by atoms with Crippen LogP contribution in [-0.4, -0.2) is 35.2 Å². The number of furan rings is 1. The highest BCUT2D eigenvalue weighted by atomic mass is 16.4. The van der Waals surface area contributed by atoms with E-state index in [1.807, 2.05) is 12.1 Å². The van der Waals surface area contributed by atoms with Gasteiger partial charge in [0.2, 0.25) is 0 Å². The molecule has 2 atom stereocenters. The molecular weight excluding hydrogens is 240 g/mol. The minimum Gasteiger partial charge on any atom is -0.462 e. The third-order valence-corrected chi connectivity index (χ3v) is 4.78. The number of nitrogens with one attached hydrogen (secondary N) is 1. The van der Waals surface area contributed by atoms with Crippen LogP contribution in [0.2, 0.25) is 0 Å². The van der Waals surface area contributed by atoms with Crippen molar-refractivity contribution in [3.63, 3.8) is 0 Å². The fourth-order valence-electron chi connectivity index (χ4n) is 3.63. The highest BCUT2D eigenvalue weighted by molar-refractivity contribution is 5.06. The Morgan fingerprint density at radius 3 is 2.58 bits per heavy atom. The quantitative estimate of drug-likeness (QED) is 0.871. The Hall–Kier alpha value is -0.840. The highest BCUT2D eigenvalue weighted by Gasteiger charge is 2.35. The van der Waals surface area contributed by atoms with Crippen molar-refractivity contribution in [1.82, 2.24) is 10.2 Å². The average Bonchev–Trinajstić information content (AvgIpc) is 2.85. The summed E-state index contributed by atoms with van der Waals surface area (Å²) in [6.07, 6.45) is 6.59. The van der Waals surface area contributed by atoms with E-state index in [4.69, 9.17) is 9.52 Å². The predicted octanol–water partition coefficient (Wildman–Crippen LogP) is 1.88. The lowest BCUT2D eigenvalue weighted by Crippen LogP contribution is -2.54. The number of rotatable bonds is 4. The van der Waals surface area contributed by atoms with Crippen molar-refractivity contribution in [2.45, 2.75) is 63.4 Å². The van der Waals surface area contributed by atoms with Crippen LogP contribution in [-0.2, 0) is 13.2 Å². The maximum Gasteiger partial charge on any atom is 0.129 e. The summed E-state index contributed by atoms with van der Waals surface area (Å²) in [5.74, 6) is 1.57. The van der Waals surface area contributed by atoms with E-state index in [2.05, 4.69) is 17.3 Å². The van der Waals surface area contributed by atoms with E-state index in [1.54, 1.807) is 0 Å². The van der Waals surface area contributed by atoms with E-state index >= 15 is 0 Å². The van der Waals surface area contributed by atoms with E-state index < -0.39 is 0 Å². The molecule has 2 bridgehead atoms. The lowest BCUT2D eigenvalue weighted by Gasteiger charge is -2.47. The third kappa shape index (κ3) is 2.86. The van der Waals surface area contributed by atoms with Gasteiger partial charge >= 0.3 is 0 Å². The lowest BCUT2D eigenvalue weighted by molar-refractivity contribution is 0.0478. The second kappa shape index (κ2) is 5.65. The molecule has 0 radical (unpaired) electrons. The summed E-state index contributed by atoms with van der Waals surface area (Å²) in [5, 5.41) is 12.6. The molecule has 4 nitrogen and oxygen atoms in total. The van der Waals surface area contributed by atoms with Crippen molar-refractivity contribution < 1.29 is 9.52 Å². The molecule has 3 rings (SSSR count). The van der Waals surface area contributed by atoms with Crippen molar-refractivity contribution in [2.75, 3.05) is 7.05 Å². The predicted molar refractivity (Wildman–Crippen MR) is 73.7 cm³/mol. The van der Waals surface area contributed by atoms with Crippen LogP contribution in [0.15, 0.2) is 16.5 Å². The van der Waals surface area contributed by atoms with Gasteiger partial charge in [-0.2, -0.15) is 0 Å². The standard InChI is InChI=1S/C15H24N2O2/c1-17-12-3-2-4-13(17)8-11(7-12)16-9-14-5-6-15(10-18)19-14/h5-6,11-13,16,18H,2-4,7-10H2,1H3. The van der Waals surface area contributed by atoms with Crippen LogP contribution in [0.5, 0.6) is 0 Å². The summed E-state index contributed by atoms with van der Waals surface area (Å²) >= 11 is 0. The molecule has 19 heavy (non-hydrogen) atoms. The molecule has 1 aromatic rings. The van der Waals surface area contributed by atoms with E-state index in [9.17, 15) is 0 Å². The minimum absolute atomic E-state index is 0.0155. The van der Waals surface area contributed by atoms with E-state index in [0.29, 0.717) is 11.8 Å². The molecule has 106 valence electrons. The van der Waals surface area contributed by atoms with Crippen molar-refractivity contribution in [2.24, 2.45) is 0 Å². The first-order chi connectivity index (χ1) is 9.26. The Labute approximate surface area is 114 Å². The van der Waals surface area contributed by atoms with Crippen LogP contribution < -0.4 is 5.32 Å². The van der Waals surface area contributed by atoms with Gasteiger partial charge in [0.1, 0.15) is 18.1 Å². The van der Waals surface area contributed by atoms with Gasteiger partial charge in [0.05, 0.1) is 6.54 Å². The van der Waals surface area contributed by atoms with Crippen LogP contribution in [0.3, 0.4) is 0 Å². The number of piperidine rings is 2. The topological polar surface area (TPSA) is 48.6 Å². The minimum atomic E-state index is -0.0155. The van der Waals surface area contributed by atoms with Crippen LogP contribution in [0.25, 0.3) is 0 Å². The SMILES string of the molecule is CN1C2CCCC1CC(NCc1ccc(CO)o1)C2. The van der Waals surface area contributed by atoms with E-state index in [-0.39, 0.29) is 6.61 Å². The van der Waals surface area contributed by atoms with Gasteiger partial charge in [-0.1, -0.05) is 6.42 Å². The zero-order valence-corrected chi connectivity index (χ0v) is 11.6. The summed E-state index contributed by atoms with van der Waals surface area (Å²) in [6, 6.07) is 5.92. The molecule has 0 amide bonds. The fourth-order valence-corrected chi connectivity index (χ4v) is 3.63. The maximum absolute atomic E-state index is 8.99. The number of nitrogens with zero attached hydrogens (tertiary/aromatic N) is 1. The average molecular weight is 264 g/mol. The Morgan fingerprint density at radius 1 is 1.26 bits per heavy atom. The zero-order valence-electron chi connectivity index (χ0n) is 11.6. The smallest absolute Gasteiger partial charge is 0.129 e. The van der Waals surface area contributed by atoms with Gasteiger partial charge < -0.3 is 19.7 Å². The maximum atomic E-state index is 8.99. The Bertz CT molecular complexity index is 404. The summed E-state index contributed by atoms with van der Waals surface area (Å²) < 4.78 is 5.52. The molecular formula is C15H24N2O2. The van der Waals surface area contributed by atoms with Gasteiger partial charge in [-0.25, -0.2) is 0 Å². The molecule has 2 N–H and O–H groups in total. The largest absolute Gasteiger partial charge is 0.462 e. The first-order valence-electron chi connectivity index (χ1n) is 7.40. The molecule has 4 heteroatoms. The van der Waals surface area contributed by atoms with Crippen LogP contribution in [0.1, 0.15) is 43.6 Å². The van der Waals surface area contributed by atoms with Gasteiger partial charge in [0.15, 0.2) is 0 Å². The second-order valence-corrected chi connectivity index (χ2v) is 5.98. The number of aliphatic hydroxyl groups excluding tert-OH is 1. The summed E-state index contributed by atoms with van der Waals surface area (Å²) in [6.45, 7) is 0.756. The number of aliphatic hydroxyl groups is 1. The summed E-state index contributed by atoms with van der Waals surface area (Å²) in [5.41, 5.74) is 0. The highest BCUT2D eigenvalue weighted by Crippen LogP contribution is 2.32. The first kappa shape index (κ1) is 13.2. The van der Waals surface area contributed by atoms with E-state index in [1.165, 1.54) is 32.1 Å². The van der Waals surface area contributed by atoms with Crippen molar-refractivity contribution in [3.05, 3.63) is 23.7 Å². The van der Waals surface area contributed by atoms with Gasteiger partial charge in [0.25, 0.3) is 0 Å². The molecule has 2 aliphatic rings. The Kier molecular flexibility index (Phi) is 3.91. The first-order valence-corrected chi connectivity index (χ1v) is 7.40. The molecule has 2 aliphatic heterocycles. The molecule has 0 spiro atoms. The number of fused-ring (bicyclic) bond motifs is 2. The lowest BCUT2D eigenvalue weighted by atomic mass is 9.82. The molecule has 0 aliphatic carbocycles. The molecule has 0 saturated carbocycles. The van der Waals surface area contributed by atoms with Crippen LogP contribution >= 0.6 is 0 Å². The van der Waals surface area contributed by atoms with Crippen LogP contribution in [0.4, 0.5) is 0 Å². The van der Waals surface area contributed by atoms with Gasteiger partial charge in [0, 0.05) is 18.1 Å².